The lowest BCUT2D eigenvalue weighted by atomic mass is 10.00. The number of benzene rings is 1. The normalized spacial score (nSPS) is 20.5. The topological polar surface area (TPSA) is 21.3 Å². The van der Waals surface area contributed by atoms with Crippen LogP contribution in [-0.4, -0.2) is 19.7 Å². The fraction of sp³-hybridized carbons (Fsp3) is 0.538. The van der Waals surface area contributed by atoms with Crippen LogP contribution in [0, 0.1) is 0 Å². The molecule has 0 saturated carbocycles. The molecule has 0 spiro atoms. The first kappa shape index (κ1) is 12.3. The minimum Gasteiger partial charge on any atom is -0.497 e. The molecule has 0 amide bonds. The van der Waals surface area contributed by atoms with Crippen LogP contribution in [0.5, 0.6) is 5.75 Å². The van der Waals surface area contributed by atoms with Crippen LogP contribution in [0.2, 0.25) is 0 Å². The van der Waals surface area contributed by atoms with Gasteiger partial charge in [0.2, 0.25) is 0 Å². The molecule has 0 radical (unpaired) electrons. The summed E-state index contributed by atoms with van der Waals surface area (Å²) in [5.74, 6) is -2.17. The average molecular weight is 241 g/mol. The van der Waals surface area contributed by atoms with E-state index in [-0.39, 0.29) is 18.0 Å². The van der Waals surface area contributed by atoms with Gasteiger partial charge in [0.1, 0.15) is 5.75 Å². The smallest absolute Gasteiger partial charge is 0.274 e. The van der Waals surface area contributed by atoms with Gasteiger partial charge >= 0.3 is 0 Å². The Hall–Kier alpha value is -1.16. The SMILES string of the molecule is COc1ccc(C(F)(F)CC2CCCN2)cc1. The second-order valence-electron chi connectivity index (χ2n) is 4.43. The summed E-state index contributed by atoms with van der Waals surface area (Å²) in [6.45, 7) is 0.851. The zero-order valence-corrected chi connectivity index (χ0v) is 9.88. The molecule has 1 aliphatic heterocycles. The van der Waals surface area contributed by atoms with Crippen molar-refractivity contribution in [1.29, 1.82) is 0 Å². The molecule has 1 unspecified atom stereocenters. The van der Waals surface area contributed by atoms with Gasteiger partial charge in [0.15, 0.2) is 0 Å². The van der Waals surface area contributed by atoms with Crippen LogP contribution in [0.15, 0.2) is 24.3 Å². The molecule has 2 nitrogen and oxygen atoms in total. The lowest BCUT2D eigenvalue weighted by molar-refractivity contribution is -0.0213. The third-order valence-corrected chi connectivity index (χ3v) is 3.18. The third kappa shape index (κ3) is 2.94. The molecule has 0 bridgehead atoms. The zero-order valence-electron chi connectivity index (χ0n) is 9.88. The van der Waals surface area contributed by atoms with Crippen molar-refractivity contribution in [1.82, 2.24) is 5.32 Å². The van der Waals surface area contributed by atoms with Gasteiger partial charge in [0.05, 0.1) is 7.11 Å². The van der Waals surface area contributed by atoms with Crippen molar-refractivity contribution < 1.29 is 13.5 Å². The highest BCUT2D eigenvalue weighted by molar-refractivity contribution is 5.29. The second kappa shape index (κ2) is 5.00. The van der Waals surface area contributed by atoms with Gasteiger partial charge in [-0.15, -0.1) is 0 Å². The lowest BCUT2D eigenvalue weighted by Gasteiger charge is -2.21. The van der Waals surface area contributed by atoms with E-state index in [1.54, 1.807) is 12.1 Å². The fourth-order valence-electron chi connectivity index (χ4n) is 2.19. The maximum absolute atomic E-state index is 14.0. The molecule has 2 rings (SSSR count). The van der Waals surface area contributed by atoms with Crippen molar-refractivity contribution in [2.24, 2.45) is 0 Å². The van der Waals surface area contributed by atoms with Crippen LogP contribution in [0.25, 0.3) is 0 Å². The van der Waals surface area contributed by atoms with Crippen molar-refractivity contribution in [3.05, 3.63) is 29.8 Å². The summed E-state index contributed by atoms with van der Waals surface area (Å²) >= 11 is 0. The van der Waals surface area contributed by atoms with Crippen molar-refractivity contribution in [3.8, 4) is 5.75 Å². The van der Waals surface area contributed by atoms with Crippen molar-refractivity contribution in [3.63, 3.8) is 0 Å². The summed E-state index contributed by atoms with van der Waals surface area (Å²) in [6.07, 6.45) is 1.70. The van der Waals surface area contributed by atoms with Gasteiger partial charge in [-0.2, -0.15) is 0 Å². The standard InChI is InChI=1S/C13H17F2NO/c1-17-12-6-4-10(5-7-12)13(14,15)9-11-3-2-8-16-11/h4-7,11,16H,2-3,8-9H2,1H3. The van der Waals surface area contributed by atoms with E-state index in [1.807, 2.05) is 0 Å². The highest BCUT2D eigenvalue weighted by Gasteiger charge is 2.35. The Bertz CT molecular complexity index is 358. The molecule has 94 valence electrons. The largest absolute Gasteiger partial charge is 0.497 e. The third-order valence-electron chi connectivity index (χ3n) is 3.18. The molecular formula is C13H17F2NO. The van der Waals surface area contributed by atoms with Gasteiger partial charge in [-0.05, 0) is 43.7 Å². The zero-order chi connectivity index (χ0) is 12.3. The first-order chi connectivity index (χ1) is 8.12. The predicted octanol–water partition coefficient (Wildman–Crippen LogP) is 2.93. The number of methoxy groups -OCH3 is 1. The molecule has 0 aromatic heterocycles. The van der Waals surface area contributed by atoms with Gasteiger partial charge in [-0.3, -0.25) is 0 Å². The molecule has 1 aliphatic rings. The summed E-state index contributed by atoms with van der Waals surface area (Å²) in [5, 5.41) is 3.10. The maximum Gasteiger partial charge on any atom is 0.274 e. The number of ether oxygens (including phenoxy) is 1. The Morgan fingerprint density at radius 1 is 1.35 bits per heavy atom. The van der Waals surface area contributed by atoms with Crippen molar-refractivity contribution >= 4 is 0 Å². The fourth-order valence-corrected chi connectivity index (χ4v) is 2.19. The van der Waals surface area contributed by atoms with E-state index < -0.39 is 5.92 Å². The molecule has 1 heterocycles. The van der Waals surface area contributed by atoms with Crippen LogP contribution >= 0.6 is 0 Å². The average Bonchev–Trinajstić information content (AvgIpc) is 2.81. The number of hydrogen-bond acceptors (Lipinski definition) is 2. The lowest BCUT2D eigenvalue weighted by Crippen LogP contribution is -2.29. The van der Waals surface area contributed by atoms with Crippen molar-refractivity contribution in [2.75, 3.05) is 13.7 Å². The van der Waals surface area contributed by atoms with Crippen LogP contribution < -0.4 is 10.1 Å². The van der Waals surface area contributed by atoms with E-state index in [0.717, 1.165) is 19.4 Å². The van der Waals surface area contributed by atoms with E-state index in [9.17, 15) is 8.78 Å². The molecule has 1 aromatic rings. The highest BCUT2D eigenvalue weighted by atomic mass is 19.3. The van der Waals surface area contributed by atoms with E-state index in [2.05, 4.69) is 5.32 Å². The van der Waals surface area contributed by atoms with Gasteiger partial charge in [-0.25, -0.2) is 8.78 Å². The van der Waals surface area contributed by atoms with Crippen molar-refractivity contribution in [2.45, 2.75) is 31.2 Å². The second-order valence-corrected chi connectivity index (χ2v) is 4.43. The minimum absolute atomic E-state index is 0.0620. The van der Waals surface area contributed by atoms with Crippen LogP contribution in [0.3, 0.4) is 0 Å². The molecule has 1 N–H and O–H groups in total. The number of rotatable bonds is 4. The van der Waals surface area contributed by atoms with Gasteiger partial charge in [0, 0.05) is 18.0 Å². The van der Waals surface area contributed by atoms with Gasteiger partial charge < -0.3 is 10.1 Å². The molecule has 1 aromatic carbocycles. The van der Waals surface area contributed by atoms with Gasteiger partial charge in [0.25, 0.3) is 5.92 Å². The van der Waals surface area contributed by atoms with E-state index in [4.69, 9.17) is 4.74 Å². The molecule has 1 atom stereocenters. The molecular weight excluding hydrogens is 224 g/mol. The summed E-state index contributed by atoms with van der Waals surface area (Å²) in [6, 6.07) is 5.96. The van der Waals surface area contributed by atoms with Crippen LogP contribution in [-0.2, 0) is 5.92 Å². The quantitative estimate of drug-likeness (QED) is 0.875. The number of alkyl halides is 2. The molecule has 1 saturated heterocycles. The summed E-state index contributed by atoms with van der Waals surface area (Å²) < 4.78 is 32.9. The number of nitrogens with one attached hydrogen (secondary N) is 1. The summed E-state index contributed by atoms with van der Waals surface area (Å²) in [7, 11) is 1.52. The monoisotopic (exact) mass is 241 g/mol. The Kier molecular flexibility index (Phi) is 3.62. The Balaban J connectivity index is 2.06. The summed E-state index contributed by atoms with van der Waals surface area (Å²) in [4.78, 5) is 0. The van der Waals surface area contributed by atoms with E-state index >= 15 is 0 Å². The molecule has 1 fully saturated rings. The number of hydrogen-bond donors (Lipinski definition) is 1. The van der Waals surface area contributed by atoms with E-state index in [1.165, 1.54) is 19.2 Å². The maximum atomic E-state index is 14.0. The highest BCUT2D eigenvalue weighted by Crippen LogP contribution is 2.35. The molecule has 4 heteroatoms. The van der Waals surface area contributed by atoms with Crippen LogP contribution in [0.1, 0.15) is 24.8 Å². The Morgan fingerprint density at radius 3 is 2.59 bits per heavy atom. The Labute approximate surface area is 100.0 Å². The first-order valence-corrected chi connectivity index (χ1v) is 5.87. The predicted molar refractivity (Wildman–Crippen MR) is 62.5 cm³/mol. The minimum atomic E-state index is -2.77. The molecule has 17 heavy (non-hydrogen) atoms. The van der Waals surface area contributed by atoms with E-state index in [0.29, 0.717) is 5.75 Å². The first-order valence-electron chi connectivity index (χ1n) is 5.87. The van der Waals surface area contributed by atoms with Gasteiger partial charge in [-0.1, -0.05) is 0 Å². The molecule has 0 aliphatic carbocycles. The Morgan fingerprint density at radius 2 is 2.06 bits per heavy atom. The van der Waals surface area contributed by atoms with Crippen LogP contribution in [0.4, 0.5) is 8.78 Å². The summed E-state index contributed by atoms with van der Waals surface area (Å²) in [5.41, 5.74) is 0.0620. The number of halogens is 2.